The Hall–Kier alpha value is -1.88. The van der Waals surface area contributed by atoms with Crippen LogP contribution in [-0.4, -0.2) is 16.2 Å². The summed E-state index contributed by atoms with van der Waals surface area (Å²) < 4.78 is 5.47. The third-order valence-corrected chi connectivity index (χ3v) is 2.61. The molecule has 1 saturated carbocycles. The molecule has 2 aromatic rings. The van der Waals surface area contributed by atoms with Crippen molar-refractivity contribution in [1.29, 1.82) is 0 Å². The predicted molar refractivity (Wildman–Crippen MR) is 63.9 cm³/mol. The zero-order valence-corrected chi connectivity index (χ0v) is 9.39. The summed E-state index contributed by atoms with van der Waals surface area (Å²) in [6.45, 7) is 0.647. The van der Waals surface area contributed by atoms with E-state index in [1.54, 1.807) is 0 Å². The van der Waals surface area contributed by atoms with E-state index in [0.29, 0.717) is 24.5 Å². The summed E-state index contributed by atoms with van der Waals surface area (Å²) in [6, 6.07) is 10.8. The molecule has 0 unspecified atom stereocenters. The van der Waals surface area contributed by atoms with Crippen LogP contribution >= 0.6 is 0 Å². The Morgan fingerprint density at radius 2 is 2.00 bits per heavy atom. The topological polar surface area (TPSA) is 63.0 Å². The molecule has 5 heteroatoms. The smallest absolute Gasteiger partial charge is 0.320 e. The minimum absolute atomic E-state index is 0.434. The van der Waals surface area contributed by atoms with E-state index in [1.165, 1.54) is 12.8 Å². The van der Waals surface area contributed by atoms with Crippen molar-refractivity contribution in [1.82, 2.24) is 15.5 Å². The third kappa shape index (κ3) is 2.82. The summed E-state index contributed by atoms with van der Waals surface area (Å²) in [7, 11) is 0. The number of hydrogen-bond acceptors (Lipinski definition) is 5. The minimum atomic E-state index is 0.434. The molecule has 0 aliphatic heterocycles. The maximum atomic E-state index is 5.47. The molecule has 0 radical (unpaired) electrons. The molecule has 1 fully saturated rings. The molecule has 1 aliphatic carbocycles. The molecule has 3 rings (SSSR count). The van der Waals surface area contributed by atoms with Gasteiger partial charge in [-0.05, 0) is 25.0 Å². The number of aromatic nitrogens is 2. The number of nitrogens with one attached hydrogen (secondary N) is 2. The van der Waals surface area contributed by atoms with E-state index in [4.69, 9.17) is 4.42 Å². The van der Waals surface area contributed by atoms with Gasteiger partial charge >= 0.3 is 6.01 Å². The fourth-order valence-electron chi connectivity index (χ4n) is 1.54. The summed E-state index contributed by atoms with van der Waals surface area (Å²) in [5.74, 6) is 0.621. The van der Waals surface area contributed by atoms with Gasteiger partial charge in [0, 0.05) is 11.7 Å². The first kappa shape index (κ1) is 10.3. The molecular weight excluding hydrogens is 216 g/mol. The Morgan fingerprint density at radius 3 is 2.76 bits per heavy atom. The molecule has 2 N–H and O–H groups in total. The molecular formula is C12H14N4O. The molecule has 0 atom stereocenters. The van der Waals surface area contributed by atoms with Crippen molar-refractivity contribution in [3.05, 3.63) is 36.2 Å². The molecule has 0 saturated heterocycles. The van der Waals surface area contributed by atoms with Crippen molar-refractivity contribution < 1.29 is 4.42 Å². The highest BCUT2D eigenvalue weighted by atomic mass is 16.4. The van der Waals surface area contributed by atoms with E-state index < -0.39 is 0 Å². The third-order valence-electron chi connectivity index (χ3n) is 2.61. The Morgan fingerprint density at radius 1 is 1.18 bits per heavy atom. The van der Waals surface area contributed by atoms with Crippen LogP contribution in [0.4, 0.5) is 11.7 Å². The second kappa shape index (κ2) is 4.55. The van der Waals surface area contributed by atoms with Crippen LogP contribution in [0.25, 0.3) is 0 Å². The van der Waals surface area contributed by atoms with Gasteiger partial charge in [0.25, 0.3) is 0 Å². The standard InChI is InChI=1S/C12H14N4O/c1-2-4-10(5-3-1)14-12-16-15-11(17-12)8-13-9-6-7-9/h1-5,9,13H,6-8H2,(H,14,16). The van der Waals surface area contributed by atoms with Crippen molar-refractivity contribution in [2.75, 3.05) is 5.32 Å². The lowest BCUT2D eigenvalue weighted by atomic mass is 10.3. The summed E-state index contributed by atoms with van der Waals surface area (Å²) >= 11 is 0. The maximum absolute atomic E-state index is 5.47. The fourth-order valence-corrected chi connectivity index (χ4v) is 1.54. The van der Waals surface area contributed by atoms with Gasteiger partial charge in [0.15, 0.2) is 0 Å². The molecule has 88 valence electrons. The van der Waals surface area contributed by atoms with E-state index in [2.05, 4.69) is 20.8 Å². The zero-order valence-electron chi connectivity index (χ0n) is 9.39. The van der Waals surface area contributed by atoms with Crippen LogP contribution in [0.1, 0.15) is 18.7 Å². The van der Waals surface area contributed by atoms with Crippen molar-refractivity contribution in [3.63, 3.8) is 0 Å². The van der Waals surface area contributed by atoms with Gasteiger partial charge in [-0.25, -0.2) is 0 Å². The maximum Gasteiger partial charge on any atom is 0.320 e. The van der Waals surface area contributed by atoms with Gasteiger partial charge in [-0.3, -0.25) is 0 Å². The van der Waals surface area contributed by atoms with Gasteiger partial charge in [-0.15, -0.1) is 5.10 Å². The monoisotopic (exact) mass is 230 g/mol. The normalized spacial score (nSPS) is 14.8. The quantitative estimate of drug-likeness (QED) is 0.823. The number of hydrogen-bond donors (Lipinski definition) is 2. The number of para-hydroxylation sites is 1. The number of rotatable bonds is 5. The van der Waals surface area contributed by atoms with E-state index >= 15 is 0 Å². The first-order valence-electron chi connectivity index (χ1n) is 5.78. The average Bonchev–Trinajstić information content (AvgIpc) is 3.09. The number of nitrogens with zero attached hydrogens (tertiary/aromatic N) is 2. The molecule has 0 bridgehead atoms. The molecule has 1 aromatic carbocycles. The van der Waals surface area contributed by atoms with Crippen LogP contribution in [0, 0.1) is 0 Å². The largest absolute Gasteiger partial charge is 0.406 e. The van der Waals surface area contributed by atoms with Crippen LogP contribution in [-0.2, 0) is 6.54 Å². The minimum Gasteiger partial charge on any atom is -0.406 e. The van der Waals surface area contributed by atoms with Gasteiger partial charge < -0.3 is 15.1 Å². The lowest BCUT2D eigenvalue weighted by molar-refractivity contribution is 0.478. The molecule has 17 heavy (non-hydrogen) atoms. The van der Waals surface area contributed by atoms with Crippen LogP contribution in [0.2, 0.25) is 0 Å². The lowest BCUT2D eigenvalue weighted by Gasteiger charge is -1.99. The fraction of sp³-hybridized carbons (Fsp3) is 0.333. The molecule has 1 aliphatic rings. The summed E-state index contributed by atoms with van der Waals surface area (Å²) in [4.78, 5) is 0. The second-order valence-corrected chi connectivity index (χ2v) is 4.15. The number of anilines is 2. The highest BCUT2D eigenvalue weighted by Crippen LogP contribution is 2.19. The lowest BCUT2D eigenvalue weighted by Crippen LogP contribution is -2.15. The van der Waals surface area contributed by atoms with Gasteiger partial charge in [0.2, 0.25) is 5.89 Å². The molecule has 1 heterocycles. The molecule has 0 amide bonds. The van der Waals surface area contributed by atoms with Gasteiger partial charge in [-0.1, -0.05) is 23.3 Å². The number of benzene rings is 1. The van der Waals surface area contributed by atoms with Gasteiger partial charge in [0.05, 0.1) is 6.54 Å². The Balaban J connectivity index is 1.59. The van der Waals surface area contributed by atoms with Crippen LogP contribution < -0.4 is 10.6 Å². The first-order chi connectivity index (χ1) is 8.40. The highest BCUT2D eigenvalue weighted by Gasteiger charge is 2.21. The molecule has 1 aromatic heterocycles. The Labute approximate surface area is 99.2 Å². The Bertz CT molecular complexity index is 478. The van der Waals surface area contributed by atoms with E-state index in [-0.39, 0.29) is 0 Å². The summed E-state index contributed by atoms with van der Waals surface area (Å²) in [5, 5.41) is 14.3. The predicted octanol–water partition coefficient (Wildman–Crippen LogP) is 2.07. The highest BCUT2D eigenvalue weighted by molar-refractivity contribution is 5.50. The van der Waals surface area contributed by atoms with Crippen LogP contribution in [0.15, 0.2) is 34.7 Å². The SMILES string of the molecule is c1ccc(Nc2nnc(CNC3CC3)o2)cc1. The van der Waals surface area contributed by atoms with E-state index in [9.17, 15) is 0 Å². The first-order valence-corrected chi connectivity index (χ1v) is 5.78. The summed E-state index contributed by atoms with van der Waals surface area (Å²) in [5.41, 5.74) is 0.942. The van der Waals surface area contributed by atoms with Gasteiger partial charge in [0.1, 0.15) is 0 Å². The van der Waals surface area contributed by atoms with Crippen molar-refractivity contribution in [3.8, 4) is 0 Å². The molecule has 5 nitrogen and oxygen atoms in total. The van der Waals surface area contributed by atoms with Gasteiger partial charge in [-0.2, -0.15) is 0 Å². The van der Waals surface area contributed by atoms with Crippen molar-refractivity contribution >= 4 is 11.7 Å². The summed E-state index contributed by atoms with van der Waals surface area (Å²) in [6.07, 6.45) is 2.51. The van der Waals surface area contributed by atoms with Crippen molar-refractivity contribution in [2.45, 2.75) is 25.4 Å². The Kier molecular flexibility index (Phi) is 2.75. The second-order valence-electron chi connectivity index (χ2n) is 4.15. The molecule has 0 spiro atoms. The van der Waals surface area contributed by atoms with E-state index in [0.717, 1.165) is 5.69 Å². The zero-order chi connectivity index (χ0) is 11.5. The van der Waals surface area contributed by atoms with Crippen molar-refractivity contribution in [2.24, 2.45) is 0 Å². The van der Waals surface area contributed by atoms with E-state index in [1.807, 2.05) is 30.3 Å². The average molecular weight is 230 g/mol. The van der Waals surface area contributed by atoms with Crippen LogP contribution in [0.5, 0.6) is 0 Å². The van der Waals surface area contributed by atoms with Crippen LogP contribution in [0.3, 0.4) is 0 Å².